The molecule has 13 heteroatoms. The lowest BCUT2D eigenvalue weighted by Crippen LogP contribution is -2.42. The molecule has 1 atom stereocenters. The summed E-state index contributed by atoms with van der Waals surface area (Å²) in [4.78, 5) is 58.0. The number of H-pyrrole nitrogens is 1. The van der Waals surface area contributed by atoms with Gasteiger partial charge in [-0.1, -0.05) is 12.0 Å². The first kappa shape index (κ1) is 32.7. The molecule has 1 amide bonds. The molecular weight excluding hydrogens is 569 g/mol. The molecule has 3 aromatic rings. The number of nitrogens with one attached hydrogen (secondary N) is 2. The second-order valence-electron chi connectivity index (χ2n) is 9.41. The number of amides is 1. The van der Waals surface area contributed by atoms with Crippen molar-refractivity contribution in [3.63, 3.8) is 0 Å². The standard InChI is InChI=1S/C30H31F3N4O6/c1-5-14-37(17-19-8-11-24-22(15-19)28(40)35-18(4)34-24)20-9-10-21(23(16-20)30(31,32)33)27(39)36-25(29(41)43-7-3)12-13-26(38)42-6-2/h1,8-11,15-16,25H,6-7,12-14,17H2,2-4H3,(H,36,39)(H,34,35,40)/t25-/m0/s1. The first-order valence-electron chi connectivity index (χ1n) is 13.4. The number of hydrogen-bond donors (Lipinski definition) is 2. The zero-order chi connectivity index (χ0) is 31.7. The Kier molecular flexibility index (Phi) is 10.9. The summed E-state index contributed by atoms with van der Waals surface area (Å²) in [6.07, 6.45) is 0.0631. The van der Waals surface area contributed by atoms with Gasteiger partial charge in [0.25, 0.3) is 11.5 Å². The van der Waals surface area contributed by atoms with E-state index in [2.05, 4.69) is 21.2 Å². The van der Waals surface area contributed by atoms with Gasteiger partial charge < -0.3 is 24.7 Å². The zero-order valence-corrected chi connectivity index (χ0v) is 23.8. The lowest BCUT2D eigenvalue weighted by molar-refractivity contribution is -0.146. The summed E-state index contributed by atoms with van der Waals surface area (Å²) < 4.78 is 52.5. The average Bonchev–Trinajstić information content (AvgIpc) is 2.94. The number of nitrogens with zero attached hydrogens (tertiary/aromatic N) is 2. The number of hydrogen-bond acceptors (Lipinski definition) is 8. The van der Waals surface area contributed by atoms with Crippen LogP contribution < -0.4 is 15.8 Å². The van der Waals surface area contributed by atoms with E-state index >= 15 is 0 Å². The molecule has 0 aliphatic heterocycles. The van der Waals surface area contributed by atoms with E-state index in [0.29, 0.717) is 22.3 Å². The van der Waals surface area contributed by atoms with E-state index in [0.717, 1.165) is 12.1 Å². The normalized spacial score (nSPS) is 11.8. The molecule has 3 rings (SSSR count). The van der Waals surface area contributed by atoms with Gasteiger partial charge in [0, 0.05) is 18.7 Å². The van der Waals surface area contributed by atoms with Crippen LogP contribution in [0.15, 0.2) is 41.2 Å². The first-order chi connectivity index (χ1) is 20.4. The fraction of sp³-hybridized carbons (Fsp3) is 0.367. The number of aryl methyl sites for hydroxylation is 1. The highest BCUT2D eigenvalue weighted by Gasteiger charge is 2.37. The number of esters is 2. The highest BCUT2D eigenvalue weighted by atomic mass is 19.4. The van der Waals surface area contributed by atoms with Crippen LogP contribution in [-0.4, -0.2) is 53.6 Å². The van der Waals surface area contributed by atoms with Gasteiger partial charge in [-0.15, -0.1) is 6.42 Å². The monoisotopic (exact) mass is 600 g/mol. The van der Waals surface area contributed by atoms with Gasteiger partial charge in [-0.25, -0.2) is 9.78 Å². The molecule has 1 heterocycles. The highest BCUT2D eigenvalue weighted by molar-refractivity contribution is 5.98. The Morgan fingerprint density at radius 3 is 2.49 bits per heavy atom. The quantitative estimate of drug-likeness (QED) is 0.237. The maximum absolute atomic E-state index is 14.2. The summed E-state index contributed by atoms with van der Waals surface area (Å²) in [5.41, 5.74) is -1.22. The fourth-order valence-electron chi connectivity index (χ4n) is 4.35. The summed E-state index contributed by atoms with van der Waals surface area (Å²) in [6.45, 7) is 4.79. The van der Waals surface area contributed by atoms with Crippen LogP contribution in [0.1, 0.15) is 54.0 Å². The van der Waals surface area contributed by atoms with Gasteiger partial charge in [0.05, 0.1) is 41.8 Å². The van der Waals surface area contributed by atoms with Crippen molar-refractivity contribution in [1.29, 1.82) is 0 Å². The molecule has 2 N–H and O–H groups in total. The molecule has 1 aromatic heterocycles. The number of alkyl halides is 3. The molecule has 0 saturated carbocycles. The van der Waals surface area contributed by atoms with Crippen LogP contribution in [0.25, 0.3) is 10.9 Å². The largest absolute Gasteiger partial charge is 0.466 e. The van der Waals surface area contributed by atoms with Crippen molar-refractivity contribution in [3.8, 4) is 12.3 Å². The highest BCUT2D eigenvalue weighted by Crippen LogP contribution is 2.35. The molecule has 2 aromatic carbocycles. The molecule has 0 bridgehead atoms. The third kappa shape index (κ3) is 8.57. The van der Waals surface area contributed by atoms with Crippen molar-refractivity contribution in [2.24, 2.45) is 0 Å². The molecule has 10 nitrogen and oxygen atoms in total. The molecular formula is C30H31F3N4O6. The van der Waals surface area contributed by atoms with E-state index in [4.69, 9.17) is 15.9 Å². The van der Waals surface area contributed by atoms with Crippen molar-refractivity contribution >= 4 is 34.4 Å². The van der Waals surface area contributed by atoms with Gasteiger partial charge in [0.2, 0.25) is 0 Å². The van der Waals surface area contributed by atoms with E-state index in [-0.39, 0.29) is 50.4 Å². The predicted molar refractivity (Wildman–Crippen MR) is 152 cm³/mol. The maximum atomic E-state index is 14.2. The number of benzene rings is 2. The fourth-order valence-corrected chi connectivity index (χ4v) is 4.35. The Hall–Kier alpha value is -4.86. The van der Waals surface area contributed by atoms with Crippen molar-refractivity contribution in [1.82, 2.24) is 15.3 Å². The Bertz CT molecular complexity index is 1600. The molecule has 0 fully saturated rings. The molecule has 43 heavy (non-hydrogen) atoms. The molecule has 0 spiro atoms. The van der Waals surface area contributed by atoms with Gasteiger partial charge in [-0.2, -0.15) is 13.2 Å². The van der Waals surface area contributed by atoms with Gasteiger partial charge >= 0.3 is 18.1 Å². The third-order valence-electron chi connectivity index (χ3n) is 6.28. The number of rotatable bonds is 12. The minimum atomic E-state index is -4.95. The van der Waals surface area contributed by atoms with Gasteiger partial charge in [-0.05, 0) is 63.1 Å². The van der Waals surface area contributed by atoms with Crippen molar-refractivity contribution in [3.05, 3.63) is 69.3 Å². The molecule has 228 valence electrons. The molecule has 0 saturated heterocycles. The smallest absolute Gasteiger partial charge is 0.417 e. The summed E-state index contributed by atoms with van der Waals surface area (Å²) in [7, 11) is 0. The van der Waals surface area contributed by atoms with Crippen LogP contribution in [0, 0.1) is 19.3 Å². The minimum absolute atomic E-state index is 0.0418. The van der Waals surface area contributed by atoms with Crippen molar-refractivity contribution < 1.29 is 37.0 Å². The van der Waals surface area contributed by atoms with E-state index < -0.39 is 41.2 Å². The summed E-state index contributed by atoms with van der Waals surface area (Å²) in [5.74, 6) is 0.143. The van der Waals surface area contributed by atoms with E-state index in [1.165, 1.54) is 17.9 Å². The summed E-state index contributed by atoms with van der Waals surface area (Å²) >= 11 is 0. The minimum Gasteiger partial charge on any atom is -0.466 e. The molecule has 0 unspecified atom stereocenters. The SMILES string of the molecule is C#CCN(Cc1ccc2nc(C)[nH]c(=O)c2c1)c1ccc(C(=O)N[C@@H](CCC(=O)OCC)C(=O)OCC)c(C(F)(F)F)c1. The number of aromatic amines is 1. The van der Waals surface area contributed by atoms with Crippen LogP contribution in [0.3, 0.4) is 0 Å². The lowest BCUT2D eigenvalue weighted by Gasteiger charge is -2.25. The topological polar surface area (TPSA) is 131 Å². The number of halogens is 3. The van der Waals surface area contributed by atoms with Crippen LogP contribution in [-0.2, 0) is 31.8 Å². The Morgan fingerprint density at radius 2 is 1.84 bits per heavy atom. The Labute approximate surface area is 245 Å². The summed E-state index contributed by atoms with van der Waals surface area (Å²) in [6, 6.07) is 6.62. The zero-order valence-electron chi connectivity index (χ0n) is 23.8. The second-order valence-corrected chi connectivity index (χ2v) is 9.41. The van der Waals surface area contributed by atoms with Crippen LogP contribution in [0.5, 0.6) is 0 Å². The van der Waals surface area contributed by atoms with Crippen LogP contribution in [0.2, 0.25) is 0 Å². The maximum Gasteiger partial charge on any atom is 0.417 e. The molecule has 0 radical (unpaired) electrons. The van der Waals surface area contributed by atoms with E-state index in [9.17, 15) is 32.3 Å². The number of anilines is 1. The molecule has 0 aliphatic carbocycles. The predicted octanol–water partition coefficient (Wildman–Crippen LogP) is 3.89. The number of fused-ring (bicyclic) bond motifs is 1. The number of carbonyl (C=O) groups is 3. The van der Waals surface area contributed by atoms with E-state index in [1.54, 1.807) is 32.0 Å². The Balaban J connectivity index is 1.93. The van der Waals surface area contributed by atoms with Gasteiger partial charge in [0.1, 0.15) is 11.9 Å². The van der Waals surface area contributed by atoms with E-state index in [1.807, 2.05) is 0 Å². The number of carbonyl (C=O) groups excluding carboxylic acids is 3. The molecule has 0 aliphatic rings. The Morgan fingerprint density at radius 1 is 1.12 bits per heavy atom. The van der Waals surface area contributed by atoms with Gasteiger partial charge in [-0.3, -0.25) is 14.4 Å². The number of ether oxygens (including phenoxy) is 2. The number of terminal acetylenes is 1. The van der Waals surface area contributed by atoms with Crippen LogP contribution >= 0.6 is 0 Å². The lowest BCUT2D eigenvalue weighted by atomic mass is 10.0. The van der Waals surface area contributed by atoms with Crippen LogP contribution in [0.4, 0.5) is 18.9 Å². The number of aromatic nitrogens is 2. The summed E-state index contributed by atoms with van der Waals surface area (Å²) in [5, 5.41) is 2.57. The van der Waals surface area contributed by atoms with Gasteiger partial charge in [0.15, 0.2) is 0 Å². The van der Waals surface area contributed by atoms with Crippen molar-refractivity contribution in [2.45, 2.75) is 52.4 Å². The third-order valence-corrected chi connectivity index (χ3v) is 6.28. The first-order valence-corrected chi connectivity index (χ1v) is 13.4. The second kappa shape index (κ2) is 14.4. The average molecular weight is 601 g/mol. The van der Waals surface area contributed by atoms with Crippen molar-refractivity contribution in [2.75, 3.05) is 24.7 Å².